The summed E-state index contributed by atoms with van der Waals surface area (Å²) in [5, 5.41) is 3.09. The molecular weight excluding hydrogens is 457 g/mol. The van der Waals surface area contributed by atoms with Crippen LogP contribution < -0.4 is 5.32 Å². The average molecular weight is 473 g/mol. The van der Waals surface area contributed by atoms with Gasteiger partial charge in [0, 0.05) is 30.8 Å². The first-order chi connectivity index (χ1) is 13.6. The van der Waals surface area contributed by atoms with Gasteiger partial charge in [0.2, 0.25) is 9.74 Å². The fraction of sp³-hybridized carbons (Fsp3) is 0.222. The van der Waals surface area contributed by atoms with Gasteiger partial charge in [-0.1, -0.05) is 40.9 Å². The molecule has 1 aromatic carbocycles. The Labute approximate surface area is 183 Å². The zero-order valence-corrected chi connectivity index (χ0v) is 18.3. The van der Waals surface area contributed by atoms with Gasteiger partial charge >= 0.3 is 0 Å². The maximum absolute atomic E-state index is 11.6. The zero-order valence-electron chi connectivity index (χ0n) is 15.2. The van der Waals surface area contributed by atoms with E-state index in [1.165, 1.54) is 12.1 Å². The predicted molar refractivity (Wildman–Crippen MR) is 114 cm³/mol. The molecule has 0 amide bonds. The number of sulfone groups is 1. The molecule has 0 atom stereocenters. The van der Waals surface area contributed by atoms with Crippen molar-refractivity contribution in [2.45, 2.75) is 15.1 Å². The predicted octanol–water partition coefficient (Wildman–Crippen LogP) is 3.82. The Balaban J connectivity index is 1.87. The van der Waals surface area contributed by atoms with Crippen LogP contribution in [0, 0.1) is 0 Å². The Kier molecular flexibility index (Phi) is 6.58. The van der Waals surface area contributed by atoms with Crippen LogP contribution in [0.5, 0.6) is 0 Å². The topological polar surface area (TPSA) is 97.7 Å². The third-order valence-electron chi connectivity index (χ3n) is 3.85. The SMILES string of the molecule is CS(=O)(=O)c1ccc(-c2nc(NCCc3cccnc3)nc(C(Cl)(Cl)Cl)n2)cc1. The van der Waals surface area contributed by atoms with E-state index in [0.717, 1.165) is 11.8 Å². The standard InChI is InChI=1S/C18H16Cl3N5O2S/c1-29(27,28)14-6-4-13(5-7-14)15-24-16(18(19,20)21)26-17(25-15)23-10-8-12-3-2-9-22-11-12/h2-7,9,11H,8,10H2,1H3,(H,23,24,25,26). The maximum atomic E-state index is 11.6. The lowest BCUT2D eigenvalue weighted by Crippen LogP contribution is -2.15. The maximum Gasteiger partial charge on any atom is 0.250 e. The number of rotatable bonds is 6. The molecule has 0 fully saturated rings. The number of anilines is 1. The van der Waals surface area contributed by atoms with Crippen molar-refractivity contribution in [3.8, 4) is 11.4 Å². The van der Waals surface area contributed by atoms with Crippen molar-refractivity contribution >= 4 is 50.6 Å². The highest BCUT2D eigenvalue weighted by atomic mass is 35.6. The molecule has 0 aliphatic rings. The van der Waals surface area contributed by atoms with E-state index in [1.807, 2.05) is 12.1 Å². The molecule has 0 aliphatic heterocycles. The van der Waals surface area contributed by atoms with Gasteiger partial charge in [-0.25, -0.2) is 13.4 Å². The molecule has 2 aromatic heterocycles. The summed E-state index contributed by atoms with van der Waals surface area (Å²) in [7, 11) is -3.31. The first-order valence-electron chi connectivity index (χ1n) is 8.39. The minimum Gasteiger partial charge on any atom is -0.354 e. The summed E-state index contributed by atoms with van der Waals surface area (Å²) < 4.78 is 21.5. The summed E-state index contributed by atoms with van der Waals surface area (Å²) in [6, 6.07) is 9.94. The van der Waals surface area contributed by atoms with Crippen molar-refractivity contribution in [1.29, 1.82) is 0 Å². The summed E-state index contributed by atoms with van der Waals surface area (Å²) in [5.74, 6) is 0.459. The number of hydrogen-bond acceptors (Lipinski definition) is 7. The molecule has 0 unspecified atom stereocenters. The van der Waals surface area contributed by atoms with Gasteiger partial charge in [0.15, 0.2) is 21.5 Å². The number of nitrogens with zero attached hydrogens (tertiary/aromatic N) is 4. The Morgan fingerprint density at radius 3 is 2.34 bits per heavy atom. The summed E-state index contributed by atoms with van der Waals surface area (Å²) in [5.41, 5.74) is 1.61. The number of nitrogens with one attached hydrogen (secondary N) is 1. The summed E-state index contributed by atoms with van der Waals surface area (Å²) in [4.78, 5) is 17.0. The number of alkyl halides is 3. The molecule has 0 saturated carbocycles. The molecule has 0 bridgehead atoms. The quantitative estimate of drug-likeness (QED) is 0.545. The van der Waals surface area contributed by atoms with Crippen molar-refractivity contribution in [2.75, 3.05) is 18.1 Å². The second kappa shape index (κ2) is 8.79. The van der Waals surface area contributed by atoms with Gasteiger partial charge in [0.25, 0.3) is 0 Å². The molecular formula is C18H16Cl3N5O2S. The van der Waals surface area contributed by atoms with E-state index < -0.39 is 13.6 Å². The van der Waals surface area contributed by atoms with E-state index in [-0.39, 0.29) is 22.5 Å². The first-order valence-corrected chi connectivity index (χ1v) is 11.4. The van der Waals surface area contributed by atoms with Gasteiger partial charge in [0.1, 0.15) is 0 Å². The minimum atomic E-state index is -3.31. The monoisotopic (exact) mass is 471 g/mol. The number of benzene rings is 1. The molecule has 0 spiro atoms. The van der Waals surface area contributed by atoms with Gasteiger partial charge in [-0.2, -0.15) is 9.97 Å². The highest BCUT2D eigenvalue weighted by molar-refractivity contribution is 7.90. The summed E-state index contributed by atoms with van der Waals surface area (Å²) in [6.07, 6.45) is 5.31. The Morgan fingerprint density at radius 1 is 1.03 bits per heavy atom. The van der Waals surface area contributed by atoms with E-state index in [1.54, 1.807) is 24.5 Å². The van der Waals surface area contributed by atoms with Crippen LogP contribution in [0.15, 0.2) is 53.7 Å². The van der Waals surface area contributed by atoms with Gasteiger partial charge in [0.05, 0.1) is 4.90 Å². The second-order valence-electron chi connectivity index (χ2n) is 6.14. The molecule has 0 radical (unpaired) electrons. The van der Waals surface area contributed by atoms with Crippen LogP contribution in [-0.2, 0) is 20.1 Å². The van der Waals surface area contributed by atoms with Crippen molar-refractivity contribution in [3.05, 3.63) is 60.2 Å². The smallest absolute Gasteiger partial charge is 0.250 e. The lowest BCUT2D eigenvalue weighted by atomic mass is 10.2. The Hall–Kier alpha value is -2.00. The van der Waals surface area contributed by atoms with Gasteiger partial charge in [-0.3, -0.25) is 4.98 Å². The molecule has 0 saturated heterocycles. The van der Waals surface area contributed by atoms with Crippen LogP contribution >= 0.6 is 34.8 Å². The molecule has 0 aliphatic carbocycles. The lowest BCUT2D eigenvalue weighted by Gasteiger charge is -2.13. The molecule has 11 heteroatoms. The largest absolute Gasteiger partial charge is 0.354 e. The molecule has 7 nitrogen and oxygen atoms in total. The number of hydrogen-bond donors (Lipinski definition) is 1. The van der Waals surface area contributed by atoms with Crippen LogP contribution in [0.3, 0.4) is 0 Å². The third-order valence-corrected chi connectivity index (χ3v) is 5.48. The minimum absolute atomic E-state index is 0.0384. The van der Waals surface area contributed by atoms with Crippen LogP contribution in [0.25, 0.3) is 11.4 Å². The van der Waals surface area contributed by atoms with E-state index in [9.17, 15) is 8.42 Å². The number of pyridine rings is 1. The van der Waals surface area contributed by atoms with Crippen LogP contribution in [0.4, 0.5) is 5.95 Å². The average Bonchev–Trinajstić information content (AvgIpc) is 2.67. The second-order valence-corrected chi connectivity index (χ2v) is 10.4. The molecule has 29 heavy (non-hydrogen) atoms. The van der Waals surface area contributed by atoms with Crippen LogP contribution in [0.2, 0.25) is 0 Å². The normalized spacial score (nSPS) is 12.0. The van der Waals surface area contributed by atoms with Crippen molar-refractivity contribution in [3.63, 3.8) is 0 Å². The summed E-state index contributed by atoms with van der Waals surface area (Å²) in [6.45, 7) is 0.529. The Morgan fingerprint density at radius 2 is 1.76 bits per heavy atom. The zero-order chi connectivity index (χ0) is 21.1. The highest BCUT2D eigenvalue weighted by Crippen LogP contribution is 2.36. The van der Waals surface area contributed by atoms with Crippen LogP contribution in [0.1, 0.15) is 11.4 Å². The lowest BCUT2D eigenvalue weighted by molar-refractivity contribution is 0.602. The van der Waals surface area contributed by atoms with Gasteiger partial charge in [-0.15, -0.1) is 0 Å². The van der Waals surface area contributed by atoms with E-state index in [2.05, 4.69) is 25.3 Å². The fourth-order valence-corrected chi connectivity index (χ4v) is 3.31. The van der Waals surface area contributed by atoms with Gasteiger partial charge < -0.3 is 5.32 Å². The molecule has 3 aromatic rings. The van der Waals surface area contributed by atoms with Crippen molar-refractivity contribution in [1.82, 2.24) is 19.9 Å². The Bertz CT molecular complexity index is 1090. The van der Waals surface area contributed by atoms with Crippen LogP contribution in [-0.4, -0.2) is 41.2 Å². The van der Waals surface area contributed by atoms with E-state index >= 15 is 0 Å². The molecule has 152 valence electrons. The summed E-state index contributed by atoms with van der Waals surface area (Å²) >= 11 is 17.9. The molecule has 1 N–H and O–H groups in total. The first kappa shape index (κ1) is 21.7. The van der Waals surface area contributed by atoms with Gasteiger partial charge in [-0.05, 0) is 42.3 Å². The number of aromatic nitrogens is 4. The molecule has 2 heterocycles. The number of halogens is 3. The van der Waals surface area contributed by atoms with Crippen molar-refractivity contribution in [2.24, 2.45) is 0 Å². The highest BCUT2D eigenvalue weighted by Gasteiger charge is 2.28. The third kappa shape index (κ3) is 5.99. The van der Waals surface area contributed by atoms with Crippen molar-refractivity contribution < 1.29 is 8.42 Å². The van der Waals surface area contributed by atoms with E-state index in [4.69, 9.17) is 34.8 Å². The fourth-order valence-electron chi connectivity index (χ4n) is 2.43. The van der Waals surface area contributed by atoms with E-state index in [0.29, 0.717) is 18.5 Å². The molecule has 3 rings (SSSR count).